The van der Waals surface area contributed by atoms with Gasteiger partial charge in [0.1, 0.15) is 5.82 Å². The fraction of sp³-hybridized carbons (Fsp3) is 0.294. The number of nitrogens with one attached hydrogen (secondary N) is 1. The third-order valence-electron chi connectivity index (χ3n) is 4.32. The maximum Gasteiger partial charge on any atom is 0.254 e. The van der Waals surface area contributed by atoms with E-state index in [1.165, 1.54) is 6.20 Å². The molecule has 1 N–H and O–H groups in total. The number of nitrogens with zero attached hydrogens (tertiary/aromatic N) is 1. The minimum atomic E-state index is -3.99. The summed E-state index contributed by atoms with van der Waals surface area (Å²) in [5.74, 6) is -2.30. The predicted octanol–water partition coefficient (Wildman–Crippen LogP) is 1.11. The lowest BCUT2D eigenvalue weighted by Gasteiger charge is -2.12. The van der Waals surface area contributed by atoms with Crippen molar-refractivity contribution in [3.8, 4) is 0 Å². The molecule has 1 aliphatic heterocycles. The Hall–Kier alpha value is -2.33. The minimum absolute atomic E-state index is 0.00935. The number of amides is 1. The molecule has 0 saturated carbocycles. The zero-order valence-corrected chi connectivity index (χ0v) is 15.8. The van der Waals surface area contributed by atoms with Crippen LogP contribution in [-0.4, -0.2) is 44.5 Å². The van der Waals surface area contributed by atoms with Gasteiger partial charge in [0.05, 0.1) is 27.2 Å². The summed E-state index contributed by atoms with van der Waals surface area (Å²) in [6.45, 7) is 0.101. The number of hydrogen-bond acceptors (Lipinski definition) is 6. The lowest BCUT2D eigenvalue weighted by atomic mass is 10.2. The number of benzene rings is 1. The third-order valence-corrected chi connectivity index (χ3v) is 8.49. The summed E-state index contributed by atoms with van der Waals surface area (Å²) in [7, 11) is -7.38. The predicted molar refractivity (Wildman–Crippen MR) is 96.1 cm³/mol. The molecule has 1 aliphatic rings. The number of carbonyl (C=O) groups is 1. The second-order valence-electron chi connectivity index (χ2n) is 6.26. The van der Waals surface area contributed by atoms with Crippen molar-refractivity contribution in [2.45, 2.75) is 23.1 Å². The Labute approximate surface area is 156 Å². The van der Waals surface area contributed by atoms with E-state index in [2.05, 4.69) is 10.3 Å². The van der Waals surface area contributed by atoms with Crippen LogP contribution in [0.4, 0.5) is 4.39 Å². The molecule has 0 unspecified atom stereocenters. The van der Waals surface area contributed by atoms with E-state index in [9.17, 15) is 26.0 Å². The number of sulfone groups is 2. The van der Waals surface area contributed by atoms with Crippen molar-refractivity contribution >= 4 is 25.6 Å². The van der Waals surface area contributed by atoms with Gasteiger partial charge < -0.3 is 5.32 Å². The smallest absolute Gasteiger partial charge is 0.254 e. The molecule has 10 heteroatoms. The zero-order valence-electron chi connectivity index (χ0n) is 14.1. The van der Waals surface area contributed by atoms with E-state index in [4.69, 9.17) is 0 Å². The quantitative estimate of drug-likeness (QED) is 0.737. The highest BCUT2D eigenvalue weighted by Crippen LogP contribution is 2.26. The van der Waals surface area contributed by atoms with Gasteiger partial charge in [-0.25, -0.2) is 21.2 Å². The zero-order chi connectivity index (χ0) is 19.7. The summed E-state index contributed by atoms with van der Waals surface area (Å²) in [4.78, 5) is 15.9. The Kier molecular flexibility index (Phi) is 5.29. The maximum absolute atomic E-state index is 14.1. The Morgan fingerprint density at radius 1 is 1.30 bits per heavy atom. The van der Waals surface area contributed by atoms with Crippen molar-refractivity contribution < 1.29 is 26.0 Å². The highest BCUT2D eigenvalue weighted by molar-refractivity contribution is 7.96. The van der Waals surface area contributed by atoms with Crippen LogP contribution in [0.3, 0.4) is 0 Å². The molecule has 27 heavy (non-hydrogen) atoms. The molecule has 1 saturated heterocycles. The first-order valence-corrected chi connectivity index (χ1v) is 11.5. The van der Waals surface area contributed by atoms with Crippen LogP contribution in [-0.2, 0) is 26.2 Å². The number of carbonyl (C=O) groups excluding carboxylic acids is 1. The van der Waals surface area contributed by atoms with Crippen molar-refractivity contribution in [1.29, 1.82) is 0 Å². The molecule has 1 atom stereocenters. The number of pyridine rings is 1. The Balaban J connectivity index is 1.82. The normalized spacial score (nSPS) is 18.9. The van der Waals surface area contributed by atoms with E-state index in [1.54, 1.807) is 18.3 Å². The van der Waals surface area contributed by atoms with Crippen molar-refractivity contribution in [2.75, 3.05) is 11.5 Å². The number of aromatic nitrogens is 1. The van der Waals surface area contributed by atoms with Crippen LogP contribution in [0.1, 0.15) is 22.3 Å². The largest absolute Gasteiger partial charge is 0.348 e. The molecule has 1 aromatic carbocycles. The van der Waals surface area contributed by atoms with Gasteiger partial charge in [-0.15, -0.1) is 0 Å². The first-order valence-electron chi connectivity index (χ1n) is 8.10. The van der Waals surface area contributed by atoms with E-state index < -0.39 is 48.0 Å². The molecule has 1 amide bonds. The van der Waals surface area contributed by atoms with Gasteiger partial charge in [0, 0.05) is 18.9 Å². The molecular formula is C17H17FN2O5S2. The molecule has 2 heterocycles. The molecule has 144 valence electrons. The summed E-state index contributed by atoms with van der Waals surface area (Å²) in [5, 5.41) is 1.42. The topological polar surface area (TPSA) is 110 Å². The van der Waals surface area contributed by atoms with Crippen LogP contribution >= 0.6 is 0 Å². The van der Waals surface area contributed by atoms with Gasteiger partial charge in [0.25, 0.3) is 5.91 Å². The monoisotopic (exact) mass is 412 g/mol. The summed E-state index contributed by atoms with van der Waals surface area (Å²) >= 11 is 0. The van der Waals surface area contributed by atoms with Gasteiger partial charge in [-0.3, -0.25) is 9.78 Å². The fourth-order valence-electron chi connectivity index (χ4n) is 2.83. The van der Waals surface area contributed by atoms with Crippen LogP contribution in [0.25, 0.3) is 0 Å². The number of rotatable bonds is 5. The number of hydrogen-bond donors (Lipinski definition) is 1. The van der Waals surface area contributed by atoms with E-state index in [0.29, 0.717) is 5.56 Å². The Morgan fingerprint density at radius 2 is 2.07 bits per heavy atom. The molecule has 7 nitrogen and oxygen atoms in total. The van der Waals surface area contributed by atoms with Crippen LogP contribution < -0.4 is 5.32 Å². The molecule has 0 spiro atoms. The van der Waals surface area contributed by atoms with E-state index >= 15 is 0 Å². The SMILES string of the molecule is O=C(NCc1cccnc1)c1cc(S(=O)(=O)[C@@H]2CCS(=O)(=O)C2)ccc1F. The molecule has 3 rings (SSSR count). The fourth-order valence-corrected chi connectivity index (χ4v) is 7.22. The second kappa shape index (κ2) is 7.35. The van der Waals surface area contributed by atoms with Gasteiger partial charge >= 0.3 is 0 Å². The van der Waals surface area contributed by atoms with Crippen LogP contribution in [0.5, 0.6) is 0 Å². The average molecular weight is 412 g/mol. The summed E-state index contributed by atoms with van der Waals surface area (Å²) in [5.41, 5.74) is 0.284. The lowest BCUT2D eigenvalue weighted by molar-refractivity contribution is 0.0946. The number of halogens is 1. The average Bonchev–Trinajstić information content (AvgIpc) is 3.01. The van der Waals surface area contributed by atoms with Crippen LogP contribution in [0.15, 0.2) is 47.6 Å². The standard InChI is InChI=1S/C17H17FN2O5S2/c18-16-4-3-13(27(24,25)14-5-7-26(22,23)11-14)8-15(16)17(21)20-10-12-2-1-6-19-9-12/h1-4,6,8-9,14H,5,7,10-11H2,(H,20,21)/t14-/m1/s1. The van der Waals surface area contributed by atoms with Gasteiger partial charge in [0.15, 0.2) is 19.7 Å². The highest BCUT2D eigenvalue weighted by Gasteiger charge is 2.38. The van der Waals surface area contributed by atoms with E-state index in [-0.39, 0.29) is 23.6 Å². The van der Waals surface area contributed by atoms with Crippen LogP contribution in [0, 0.1) is 5.82 Å². The van der Waals surface area contributed by atoms with Crippen molar-refractivity contribution in [1.82, 2.24) is 10.3 Å². The van der Waals surface area contributed by atoms with Crippen molar-refractivity contribution in [3.05, 3.63) is 59.7 Å². The molecule has 1 fully saturated rings. The summed E-state index contributed by atoms with van der Waals surface area (Å²) in [6.07, 6.45) is 3.10. The second-order valence-corrected chi connectivity index (χ2v) is 10.7. The van der Waals surface area contributed by atoms with Gasteiger partial charge in [0.2, 0.25) is 0 Å². The molecular weight excluding hydrogens is 395 g/mol. The molecule has 0 radical (unpaired) electrons. The van der Waals surface area contributed by atoms with Gasteiger partial charge in [-0.2, -0.15) is 0 Å². The lowest BCUT2D eigenvalue weighted by Crippen LogP contribution is -2.26. The molecule has 1 aromatic heterocycles. The molecule has 2 aromatic rings. The maximum atomic E-state index is 14.1. The first-order chi connectivity index (χ1) is 12.7. The first kappa shape index (κ1) is 19.4. The summed E-state index contributed by atoms with van der Waals surface area (Å²) in [6, 6.07) is 6.31. The van der Waals surface area contributed by atoms with Crippen molar-refractivity contribution in [2.24, 2.45) is 0 Å². The van der Waals surface area contributed by atoms with E-state index in [0.717, 1.165) is 18.2 Å². The third kappa shape index (κ3) is 4.33. The van der Waals surface area contributed by atoms with Crippen LogP contribution in [0.2, 0.25) is 0 Å². The molecule has 0 bridgehead atoms. The Bertz CT molecular complexity index is 1070. The van der Waals surface area contributed by atoms with Gasteiger partial charge in [-0.05, 0) is 36.2 Å². The summed E-state index contributed by atoms with van der Waals surface area (Å²) < 4.78 is 62.5. The highest BCUT2D eigenvalue weighted by atomic mass is 32.2. The van der Waals surface area contributed by atoms with Crippen molar-refractivity contribution in [3.63, 3.8) is 0 Å². The minimum Gasteiger partial charge on any atom is -0.348 e. The van der Waals surface area contributed by atoms with Gasteiger partial charge in [-0.1, -0.05) is 6.07 Å². The Morgan fingerprint density at radius 3 is 2.70 bits per heavy atom. The van der Waals surface area contributed by atoms with E-state index in [1.807, 2.05) is 0 Å². The molecule has 0 aliphatic carbocycles.